The molecule has 2 atom stereocenters. The molecule has 0 aromatic heterocycles. The monoisotopic (exact) mass is 386 g/mol. The standard InChI is InChI=1S/C22H24F2N2O2/c1-26-20(27)13-12-19(21(26)16-6-10-18(24)11-7-16)22(28)25-14-2-3-15-4-8-17(23)9-5-15/h4-11,19,21H,2-3,12-14H2,1H3,(H,25,28)/t19-,21+/m1/s1. The first kappa shape index (κ1) is 20.0. The fraction of sp³-hybridized carbons (Fsp3) is 0.364. The van der Waals surface area contributed by atoms with E-state index in [0.29, 0.717) is 19.4 Å². The van der Waals surface area contributed by atoms with Crippen LogP contribution in [-0.2, 0) is 16.0 Å². The third-order valence-corrected chi connectivity index (χ3v) is 5.26. The van der Waals surface area contributed by atoms with E-state index in [1.807, 2.05) is 0 Å². The Morgan fingerprint density at radius 2 is 1.68 bits per heavy atom. The van der Waals surface area contributed by atoms with Gasteiger partial charge in [0.2, 0.25) is 11.8 Å². The normalized spacial score (nSPS) is 19.5. The van der Waals surface area contributed by atoms with Crippen LogP contribution in [-0.4, -0.2) is 30.3 Å². The van der Waals surface area contributed by atoms with Crippen molar-refractivity contribution in [2.45, 2.75) is 31.7 Å². The van der Waals surface area contributed by atoms with Crippen molar-refractivity contribution in [1.29, 1.82) is 0 Å². The summed E-state index contributed by atoms with van der Waals surface area (Å²) in [6.07, 6.45) is 2.27. The van der Waals surface area contributed by atoms with Gasteiger partial charge in [0.05, 0.1) is 12.0 Å². The zero-order chi connectivity index (χ0) is 20.1. The van der Waals surface area contributed by atoms with Gasteiger partial charge in [-0.1, -0.05) is 24.3 Å². The average Bonchev–Trinajstić information content (AvgIpc) is 2.69. The van der Waals surface area contributed by atoms with Crippen LogP contribution in [0.15, 0.2) is 48.5 Å². The van der Waals surface area contributed by atoms with Crippen molar-refractivity contribution in [2.75, 3.05) is 13.6 Å². The lowest BCUT2D eigenvalue weighted by molar-refractivity contribution is -0.141. The lowest BCUT2D eigenvalue weighted by Crippen LogP contribution is -2.46. The Balaban J connectivity index is 1.60. The summed E-state index contributed by atoms with van der Waals surface area (Å²) in [7, 11) is 1.68. The molecule has 1 heterocycles. The molecule has 6 heteroatoms. The number of rotatable bonds is 6. The molecule has 28 heavy (non-hydrogen) atoms. The maximum atomic E-state index is 13.3. The SMILES string of the molecule is CN1C(=O)CC[C@@H](C(=O)NCCCc2ccc(F)cc2)[C@@H]1c1ccc(F)cc1. The maximum absolute atomic E-state index is 13.3. The first-order valence-corrected chi connectivity index (χ1v) is 9.49. The van der Waals surface area contributed by atoms with Crippen molar-refractivity contribution >= 4 is 11.8 Å². The van der Waals surface area contributed by atoms with Crippen LogP contribution < -0.4 is 5.32 Å². The van der Waals surface area contributed by atoms with E-state index in [9.17, 15) is 18.4 Å². The summed E-state index contributed by atoms with van der Waals surface area (Å²) in [6.45, 7) is 0.501. The smallest absolute Gasteiger partial charge is 0.225 e. The Bertz CT molecular complexity index is 821. The van der Waals surface area contributed by atoms with Gasteiger partial charge in [0, 0.05) is 20.0 Å². The molecular weight excluding hydrogens is 362 g/mol. The van der Waals surface area contributed by atoms with Gasteiger partial charge < -0.3 is 10.2 Å². The first-order chi connectivity index (χ1) is 13.5. The molecule has 0 bridgehead atoms. The van der Waals surface area contributed by atoms with E-state index < -0.39 is 6.04 Å². The summed E-state index contributed by atoms with van der Waals surface area (Å²) >= 11 is 0. The molecular formula is C22H24F2N2O2. The number of amides is 2. The zero-order valence-electron chi connectivity index (χ0n) is 15.8. The molecule has 1 fully saturated rings. The second-order valence-electron chi connectivity index (χ2n) is 7.17. The van der Waals surface area contributed by atoms with Crippen LogP contribution in [0, 0.1) is 17.6 Å². The highest BCUT2D eigenvalue weighted by atomic mass is 19.1. The molecule has 1 aliphatic heterocycles. The van der Waals surface area contributed by atoms with Crippen LogP contribution in [0.4, 0.5) is 8.78 Å². The summed E-state index contributed by atoms with van der Waals surface area (Å²) in [5.74, 6) is -1.11. The Labute approximate surface area is 163 Å². The van der Waals surface area contributed by atoms with Gasteiger partial charge in [-0.15, -0.1) is 0 Å². The van der Waals surface area contributed by atoms with Gasteiger partial charge in [0.15, 0.2) is 0 Å². The quantitative estimate of drug-likeness (QED) is 0.771. The third-order valence-electron chi connectivity index (χ3n) is 5.26. The first-order valence-electron chi connectivity index (χ1n) is 9.49. The topological polar surface area (TPSA) is 49.4 Å². The molecule has 3 rings (SSSR count). The van der Waals surface area contributed by atoms with Gasteiger partial charge >= 0.3 is 0 Å². The number of carbonyl (C=O) groups is 2. The Morgan fingerprint density at radius 1 is 1.07 bits per heavy atom. The summed E-state index contributed by atoms with van der Waals surface area (Å²) in [5, 5.41) is 2.96. The van der Waals surface area contributed by atoms with Crippen molar-refractivity contribution < 1.29 is 18.4 Å². The van der Waals surface area contributed by atoms with Crippen LogP contribution in [0.5, 0.6) is 0 Å². The molecule has 1 aliphatic rings. The highest BCUT2D eigenvalue weighted by molar-refractivity contribution is 5.84. The number of aryl methyl sites for hydroxylation is 1. The van der Waals surface area contributed by atoms with Crippen molar-refractivity contribution in [1.82, 2.24) is 10.2 Å². The third kappa shape index (κ3) is 4.74. The van der Waals surface area contributed by atoms with E-state index >= 15 is 0 Å². The Morgan fingerprint density at radius 3 is 2.32 bits per heavy atom. The van der Waals surface area contributed by atoms with E-state index in [2.05, 4.69) is 5.32 Å². The Kier molecular flexibility index (Phi) is 6.39. The highest BCUT2D eigenvalue weighted by Gasteiger charge is 2.38. The van der Waals surface area contributed by atoms with Crippen molar-refractivity contribution in [3.8, 4) is 0 Å². The number of carbonyl (C=O) groups excluding carboxylic acids is 2. The lowest BCUT2D eigenvalue weighted by Gasteiger charge is -2.38. The van der Waals surface area contributed by atoms with E-state index in [-0.39, 0.29) is 29.4 Å². The van der Waals surface area contributed by atoms with Gasteiger partial charge in [0.25, 0.3) is 0 Å². The number of benzene rings is 2. The number of piperidine rings is 1. The fourth-order valence-electron chi connectivity index (χ4n) is 3.71. The molecule has 2 aromatic rings. The summed E-state index contributed by atoms with van der Waals surface area (Å²) in [6, 6.07) is 11.9. The van der Waals surface area contributed by atoms with E-state index in [1.165, 1.54) is 24.3 Å². The van der Waals surface area contributed by atoms with Crippen LogP contribution in [0.2, 0.25) is 0 Å². The van der Waals surface area contributed by atoms with Crippen molar-refractivity contribution in [2.24, 2.45) is 5.92 Å². The minimum Gasteiger partial charge on any atom is -0.356 e. The summed E-state index contributed by atoms with van der Waals surface area (Å²) in [5.41, 5.74) is 1.77. The molecule has 0 aliphatic carbocycles. The van der Waals surface area contributed by atoms with Gasteiger partial charge in [-0.25, -0.2) is 8.78 Å². The summed E-state index contributed by atoms with van der Waals surface area (Å²) in [4.78, 5) is 26.5. The molecule has 0 unspecified atom stereocenters. The lowest BCUT2D eigenvalue weighted by atomic mass is 9.84. The van der Waals surface area contributed by atoms with Crippen molar-refractivity contribution in [3.63, 3.8) is 0 Å². The minimum absolute atomic E-state index is 0.0188. The minimum atomic E-state index is -0.404. The summed E-state index contributed by atoms with van der Waals surface area (Å²) < 4.78 is 26.2. The van der Waals surface area contributed by atoms with Crippen LogP contribution >= 0.6 is 0 Å². The molecule has 1 saturated heterocycles. The van der Waals surface area contributed by atoms with Gasteiger partial charge in [-0.05, 0) is 54.7 Å². The number of likely N-dealkylation sites (tertiary alicyclic amines) is 1. The molecule has 0 saturated carbocycles. The molecule has 148 valence electrons. The van der Waals surface area contributed by atoms with Crippen molar-refractivity contribution in [3.05, 3.63) is 71.3 Å². The van der Waals surface area contributed by atoms with Crippen LogP contribution in [0.25, 0.3) is 0 Å². The largest absolute Gasteiger partial charge is 0.356 e. The molecule has 1 N–H and O–H groups in total. The molecule has 2 amide bonds. The number of nitrogens with one attached hydrogen (secondary N) is 1. The number of hydrogen-bond acceptors (Lipinski definition) is 2. The number of halogens is 2. The highest BCUT2D eigenvalue weighted by Crippen LogP contribution is 2.35. The molecule has 0 spiro atoms. The molecule has 2 aromatic carbocycles. The van der Waals surface area contributed by atoms with E-state index in [4.69, 9.17) is 0 Å². The zero-order valence-corrected chi connectivity index (χ0v) is 15.8. The predicted octanol–water partition coefficient (Wildman–Crippen LogP) is 3.62. The maximum Gasteiger partial charge on any atom is 0.225 e. The van der Waals surface area contributed by atoms with Crippen LogP contribution in [0.3, 0.4) is 0 Å². The van der Waals surface area contributed by atoms with E-state index in [1.54, 1.807) is 36.2 Å². The van der Waals surface area contributed by atoms with Gasteiger partial charge in [-0.2, -0.15) is 0 Å². The second-order valence-corrected chi connectivity index (χ2v) is 7.17. The second kappa shape index (κ2) is 8.95. The number of hydrogen-bond donors (Lipinski definition) is 1. The predicted molar refractivity (Wildman–Crippen MR) is 102 cm³/mol. The molecule has 0 radical (unpaired) electrons. The van der Waals surface area contributed by atoms with Gasteiger partial charge in [-0.3, -0.25) is 9.59 Å². The molecule has 4 nitrogen and oxygen atoms in total. The fourth-order valence-corrected chi connectivity index (χ4v) is 3.71. The van der Waals surface area contributed by atoms with E-state index in [0.717, 1.165) is 24.0 Å². The van der Waals surface area contributed by atoms with Crippen LogP contribution in [0.1, 0.15) is 36.4 Å². The average molecular weight is 386 g/mol. The Hall–Kier alpha value is -2.76. The van der Waals surface area contributed by atoms with Gasteiger partial charge in [0.1, 0.15) is 11.6 Å². The number of nitrogens with zero attached hydrogens (tertiary/aromatic N) is 1.